The van der Waals surface area contributed by atoms with E-state index < -0.39 is 27.6 Å². The zero-order valence-corrected chi connectivity index (χ0v) is 13.8. The molecule has 1 unspecified atom stereocenters. The number of carbonyl (C=O) groups is 2. The molecule has 122 valence electrons. The highest BCUT2D eigenvalue weighted by molar-refractivity contribution is 7.89. The number of halogens is 1. The molecule has 0 aliphatic carbocycles. The van der Waals surface area contributed by atoms with Gasteiger partial charge in [0.05, 0.1) is 4.90 Å². The summed E-state index contributed by atoms with van der Waals surface area (Å²) in [6.45, 7) is 0. The molecule has 2 aromatic carbocycles. The van der Waals surface area contributed by atoms with E-state index in [1.54, 1.807) is 30.3 Å². The van der Waals surface area contributed by atoms with Crippen molar-refractivity contribution in [3.05, 3.63) is 70.8 Å². The monoisotopic (exact) mass is 361 g/mol. The van der Waals surface area contributed by atoms with Gasteiger partial charge < -0.3 is 0 Å². The van der Waals surface area contributed by atoms with Crippen molar-refractivity contribution in [3.8, 4) is 0 Å². The van der Waals surface area contributed by atoms with E-state index in [1.165, 1.54) is 30.4 Å². The molecule has 1 N–H and O–H groups in total. The van der Waals surface area contributed by atoms with Crippen molar-refractivity contribution < 1.29 is 18.0 Å². The molecule has 0 amide bonds. The summed E-state index contributed by atoms with van der Waals surface area (Å²) in [5.74, 6) is -1.21. The summed E-state index contributed by atoms with van der Waals surface area (Å²) >= 11 is 5.86. The second kappa shape index (κ2) is 6.32. The van der Waals surface area contributed by atoms with Gasteiger partial charge in [-0.1, -0.05) is 41.9 Å². The van der Waals surface area contributed by atoms with Crippen LogP contribution >= 0.6 is 11.6 Å². The van der Waals surface area contributed by atoms with Gasteiger partial charge in [-0.3, -0.25) is 9.59 Å². The molecule has 3 rings (SSSR count). The van der Waals surface area contributed by atoms with Gasteiger partial charge in [-0.2, -0.15) is 4.72 Å². The van der Waals surface area contributed by atoms with E-state index in [0.717, 1.165) is 0 Å². The maximum atomic E-state index is 12.4. The quantitative estimate of drug-likeness (QED) is 0.672. The van der Waals surface area contributed by atoms with Gasteiger partial charge in [-0.15, -0.1) is 0 Å². The molecule has 1 aliphatic heterocycles. The number of rotatable bonds is 3. The molecular weight excluding hydrogens is 350 g/mol. The van der Waals surface area contributed by atoms with Crippen molar-refractivity contribution in [1.82, 2.24) is 4.72 Å². The van der Waals surface area contributed by atoms with E-state index in [2.05, 4.69) is 4.72 Å². The molecule has 24 heavy (non-hydrogen) atoms. The number of fused-ring (bicyclic) bond motifs is 1. The lowest BCUT2D eigenvalue weighted by molar-refractivity contribution is -0.115. The third-order valence-corrected chi connectivity index (χ3v) is 5.27. The van der Waals surface area contributed by atoms with Crippen molar-refractivity contribution in [2.75, 3.05) is 0 Å². The largest absolute Gasteiger partial charge is 0.293 e. The number of carbonyl (C=O) groups excluding carboxylic acids is 2. The number of sulfonamides is 1. The number of ketones is 2. The Morgan fingerprint density at radius 3 is 2.62 bits per heavy atom. The van der Waals surface area contributed by atoms with Crippen LogP contribution in [0, 0.1) is 0 Å². The molecule has 2 aromatic rings. The minimum absolute atomic E-state index is 0.0192. The van der Waals surface area contributed by atoms with Crippen LogP contribution in [-0.2, 0) is 14.8 Å². The number of Topliss-reactive ketones (excluding diaryl/α,β-unsaturated/α-hetero) is 1. The van der Waals surface area contributed by atoms with Crippen LogP contribution in [0.5, 0.6) is 0 Å². The minimum Gasteiger partial charge on any atom is -0.293 e. The van der Waals surface area contributed by atoms with Crippen molar-refractivity contribution in [1.29, 1.82) is 0 Å². The Morgan fingerprint density at radius 1 is 1.12 bits per heavy atom. The third kappa shape index (κ3) is 3.17. The molecule has 0 fully saturated rings. The van der Waals surface area contributed by atoms with E-state index in [9.17, 15) is 18.0 Å². The van der Waals surface area contributed by atoms with E-state index in [-0.39, 0.29) is 10.5 Å². The van der Waals surface area contributed by atoms with Gasteiger partial charge in [0.15, 0.2) is 11.6 Å². The molecule has 1 aliphatic rings. The molecule has 0 saturated carbocycles. The van der Waals surface area contributed by atoms with Crippen LogP contribution in [0.4, 0.5) is 0 Å². The molecule has 5 nitrogen and oxygen atoms in total. The van der Waals surface area contributed by atoms with Gasteiger partial charge in [-0.25, -0.2) is 8.42 Å². The van der Waals surface area contributed by atoms with Crippen LogP contribution in [0.25, 0.3) is 6.08 Å². The predicted molar refractivity (Wildman–Crippen MR) is 90.4 cm³/mol. The smallest absolute Gasteiger partial charge is 0.242 e. The lowest BCUT2D eigenvalue weighted by atomic mass is 10.0. The van der Waals surface area contributed by atoms with E-state index in [1.807, 2.05) is 0 Å². The minimum atomic E-state index is -3.91. The molecule has 1 atom stereocenters. The van der Waals surface area contributed by atoms with Crippen molar-refractivity contribution in [3.63, 3.8) is 0 Å². The SMILES string of the molecule is O=C(C=Cc1cccc(Cl)c1)C1NS(=O)(=O)c2ccccc2C1=O. The molecule has 0 radical (unpaired) electrons. The fourth-order valence-corrected chi connectivity index (χ4v) is 3.98. The van der Waals surface area contributed by atoms with Gasteiger partial charge in [0.1, 0.15) is 6.04 Å². The first-order valence-electron chi connectivity index (χ1n) is 7.01. The standard InChI is InChI=1S/C17H12ClNO4S/c18-12-5-3-4-11(10-12)8-9-14(20)16-17(21)13-6-1-2-7-15(13)24(22,23)19-16/h1-10,16,19H. The Bertz CT molecular complexity index is 966. The van der Waals surface area contributed by atoms with E-state index in [0.29, 0.717) is 10.6 Å². The number of benzene rings is 2. The zero-order chi connectivity index (χ0) is 17.3. The molecule has 0 saturated heterocycles. The van der Waals surface area contributed by atoms with Crippen molar-refractivity contribution >= 4 is 39.3 Å². The Morgan fingerprint density at radius 2 is 1.88 bits per heavy atom. The third-order valence-electron chi connectivity index (χ3n) is 3.55. The summed E-state index contributed by atoms with van der Waals surface area (Å²) in [4.78, 5) is 24.6. The number of hydrogen-bond donors (Lipinski definition) is 1. The summed E-state index contributed by atoms with van der Waals surface area (Å²) in [5.41, 5.74) is 0.688. The molecule has 0 bridgehead atoms. The molecule has 1 heterocycles. The summed E-state index contributed by atoms with van der Waals surface area (Å²) in [7, 11) is -3.91. The summed E-state index contributed by atoms with van der Waals surface area (Å²) < 4.78 is 26.5. The van der Waals surface area contributed by atoms with Gasteiger partial charge in [0.2, 0.25) is 10.0 Å². The second-order valence-electron chi connectivity index (χ2n) is 5.21. The average Bonchev–Trinajstić information content (AvgIpc) is 2.56. The van der Waals surface area contributed by atoms with Crippen molar-refractivity contribution in [2.45, 2.75) is 10.9 Å². The Labute approximate surface area is 144 Å². The summed E-state index contributed by atoms with van der Waals surface area (Å²) in [6, 6.07) is 11.1. The second-order valence-corrected chi connectivity index (χ2v) is 7.32. The zero-order valence-electron chi connectivity index (χ0n) is 12.3. The maximum Gasteiger partial charge on any atom is 0.242 e. The topological polar surface area (TPSA) is 80.3 Å². The predicted octanol–water partition coefficient (Wildman–Crippen LogP) is 2.47. The highest BCUT2D eigenvalue weighted by atomic mass is 35.5. The van der Waals surface area contributed by atoms with E-state index in [4.69, 9.17) is 11.6 Å². The van der Waals surface area contributed by atoms with E-state index >= 15 is 0 Å². The van der Waals surface area contributed by atoms with Gasteiger partial charge in [-0.05, 0) is 35.9 Å². The Balaban J connectivity index is 1.90. The number of hydrogen-bond acceptors (Lipinski definition) is 4. The first-order valence-corrected chi connectivity index (χ1v) is 8.88. The lowest BCUT2D eigenvalue weighted by Crippen LogP contribution is -2.49. The summed E-state index contributed by atoms with van der Waals surface area (Å²) in [6.07, 6.45) is 2.65. The molecular formula is C17H12ClNO4S. The van der Waals surface area contributed by atoms with Crippen LogP contribution in [-0.4, -0.2) is 26.0 Å². The first-order chi connectivity index (χ1) is 11.4. The fraction of sp³-hybridized carbons (Fsp3) is 0.0588. The van der Waals surface area contributed by atoms with Crippen LogP contribution in [0.2, 0.25) is 5.02 Å². The average molecular weight is 362 g/mol. The van der Waals surface area contributed by atoms with Gasteiger partial charge >= 0.3 is 0 Å². The fourth-order valence-electron chi connectivity index (χ4n) is 2.40. The van der Waals surface area contributed by atoms with Crippen LogP contribution in [0.3, 0.4) is 0 Å². The van der Waals surface area contributed by atoms with Crippen LogP contribution in [0.15, 0.2) is 59.5 Å². The molecule has 7 heteroatoms. The van der Waals surface area contributed by atoms with Crippen LogP contribution in [0.1, 0.15) is 15.9 Å². The maximum absolute atomic E-state index is 12.4. The lowest BCUT2D eigenvalue weighted by Gasteiger charge is -2.22. The molecule has 0 aromatic heterocycles. The first kappa shape index (κ1) is 16.6. The van der Waals surface area contributed by atoms with Gasteiger partial charge in [0, 0.05) is 10.6 Å². The Kier molecular flexibility index (Phi) is 4.36. The van der Waals surface area contributed by atoms with Gasteiger partial charge in [0.25, 0.3) is 0 Å². The molecule has 0 spiro atoms. The normalized spacial score (nSPS) is 19.2. The van der Waals surface area contributed by atoms with Crippen LogP contribution < -0.4 is 4.72 Å². The highest BCUT2D eigenvalue weighted by Gasteiger charge is 2.38. The van der Waals surface area contributed by atoms with Crippen molar-refractivity contribution in [2.24, 2.45) is 0 Å². The summed E-state index contributed by atoms with van der Waals surface area (Å²) in [5, 5.41) is 0.507. The highest BCUT2D eigenvalue weighted by Crippen LogP contribution is 2.23. The number of nitrogens with one attached hydrogen (secondary N) is 1. The Hall–Kier alpha value is -2.28.